The number of hydrogen-bond donors (Lipinski definition) is 3. The molecule has 2 heterocycles. The first-order valence-electron chi connectivity index (χ1n) is 19.2. The van der Waals surface area contributed by atoms with Crippen LogP contribution in [-0.4, -0.2) is 37.0 Å². The van der Waals surface area contributed by atoms with Gasteiger partial charge in [-0.05, 0) is 94.1 Å². The molecule has 1 fully saturated rings. The van der Waals surface area contributed by atoms with Crippen molar-refractivity contribution < 1.29 is 4.58 Å². The quantitative estimate of drug-likeness (QED) is 0.173. The Balaban J connectivity index is 0.000000619. The number of nitrogens with two attached hydrogens (primary N) is 2. The summed E-state index contributed by atoms with van der Waals surface area (Å²) in [6.07, 6.45) is 23.8. The Kier molecular flexibility index (Phi) is 12.3. The summed E-state index contributed by atoms with van der Waals surface area (Å²) in [5, 5.41) is 3.90. The highest BCUT2D eigenvalue weighted by Gasteiger charge is 2.42. The van der Waals surface area contributed by atoms with Crippen molar-refractivity contribution in [2.24, 2.45) is 11.5 Å². The maximum atomic E-state index is 5.80. The minimum absolute atomic E-state index is 0.0333. The first kappa shape index (κ1) is 37.4. The van der Waals surface area contributed by atoms with Crippen LogP contribution in [0.15, 0.2) is 108 Å². The number of para-hydroxylation sites is 2. The second-order valence-corrected chi connectivity index (χ2v) is 15.9. The SMILES string of the molecule is C=C(N)CCCCCNC1=C(/C=C/C2=[N+](C)c3ccccc3C2(C)C)CCC/C1=C\C=C1\N(C)c2ccccc2C1(C)C.NC1CCCCC1. The first-order valence-corrected chi connectivity index (χ1v) is 19.2. The van der Waals surface area contributed by atoms with Crippen molar-refractivity contribution >= 4 is 17.1 Å². The van der Waals surface area contributed by atoms with Crippen LogP contribution in [0.5, 0.6) is 0 Å². The van der Waals surface area contributed by atoms with E-state index in [1.165, 1.54) is 82.9 Å². The lowest BCUT2D eigenvalue weighted by Gasteiger charge is -2.25. The van der Waals surface area contributed by atoms with E-state index >= 15 is 0 Å². The number of rotatable bonds is 10. The van der Waals surface area contributed by atoms with E-state index in [0.717, 1.165) is 57.2 Å². The van der Waals surface area contributed by atoms with Crippen LogP contribution in [0.4, 0.5) is 11.4 Å². The molecule has 0 amide bonds. The predicted octanol–water partition coefficient (Wildman–Crippen LogP) is 9.82. The van der Waals surface area contributed by atoms with Crippen molar-refractivity contribution in [1.82, 2.24) is 5.32 Å². The second kappa shape index (κ2) is 16.5. The van der Waals surface area contributed by atoms with Gasteiger partial charge in [-0.3, -0.25) is 0 Å². The molecule has 50 heavy (non-hydrogen) atoms. The van der Waals surface area contributed by atoms with Gasteiger partial charge in [-0.25, -0.2) is 0 Å². The van der Waals surface area contributed by atoms with Gasteiger partial charge in [0.05, 0.1) is 5.41 Å². The molecule has 0 atom stereocenters. The van der Waals surface area contributed by atoms with Crippen molar-refractivity contribution in [2.45, 2.75) is 122 Å². The highest BCUT2D eigenvalue weighted by Crippen LogP contribution is 2.47. The van der Waals surface area contributed by atoms with Crippen LogP contribution in [0.1, 0.15) is 116 Å². The van der Waals surface area contributed by atoms with Crippen LogP contribution in [0.2, 0.25) is 0 Å². The average molecular weight is 675 g/mol. The molecule has 0 bridgehead atoms. The number of nitrogens with one attached hydrogen (secondary N) is 1. The molecule has 2 aliphatic carbocycles. The standard InChI is InChI=1S/C39H50N4.C6H13N/c1-28(40)16-9-8-14-27-41-37-29(23-25-35-38(2,3)31-19-10-12-21-33(31)42(35)6)17-15-18-30(37)24-26-36-39(4,5)32-20-11-13-22-34(32)43(36)7;7-6-4-2-1-3-5-6/h10-13,19-26H,1,8-9,14-18,27,40H2,2-7H3;6H,1-5,7H2/p+1/b29-23+,35-25+;. The lowest BCUT2D eigenvalue weighted by Crippen LogP contribution is -2.27. The zero-order valence-electron chi connectivity index (χ0n) is 32.0. The molecule has 6 rings (SSSR count). The summed E-state index contributed by atoms with van der Waals surface area (Å²) in [6, 6.07) is 18.1. The smallest absolute Gasteiger partial charge is 0.209 e. The van der Waals surface area contributed by atoms with Gasteiger partial charge in [0.2, 0.25) is 5.69 Å². The lowest BCUT2D eigenvalue weighted by atomic mass is 9.81. The molecule has 2 aromatic carbocycles. The maximum absolute atomic E-state index is 5.80. The predicted molar refractivity (Wildman–Crippen MR) is 215 cm³/mol. The average Bonchev–Trinajstić information content (AvgIpc) is 3.42. The van der Waals surface area contributed by atoms with Crippen molar-refractivity contribution in [3.05, 3.63) is 119 Å². The largest absolute Gasteiger partial charge is 0.403 e. The van der Waals surface area contributed by atoms with Gasteiger partial charge in [-0.1, -0.05) is 94.7 Å². The van der Waals surface area contributed by atoms with Gasteiger partial charge < -0.3 is 21.7 Å². The Morgan fingerprint density at radius 2 is 1.58 bits per heavy atom. The van der Waals surface area contributed by atoms with Gasteiger partial charge in [-0.15, -0.1) is 0 Å². The molecule has 0 aromatic heterocycles. The molecule has 0 unspecified atom stereocenters. The van der Waals surface area contributed by atoms with E-state index in [1.54, 1.807) is 0 Å². The summed E-state index contributed by atoms with van der Waals surface area (Å²) in [4.78, 5) is 2.37. The third kappa shape index (κ3) is 8.37. The molecule has 5 nitrogen and oxygen atoms in total. The first-order chi connectivity index (χ1) is 23.9. The van der Waals surface area contributed by atoms with Gasteiger partial charge in [0.25, 0.3) is 0 Å². The molecule has 1 saturated carbocycles. The Hall–Kier alpha value is -3.83. The van der Waals surface area contributed by atoms with E-state index < -0.39 is 0 Å². The molecule has 5 N–H and O–H groups in total. The van der Waals surface area contributed by atoms with Gasteiger partial charge >= 0.3 is 0 Å². The number of hydrogen-bond acceptors (Lipinski definition) is 4. The fourth-order valence-electron chi connectivity index (χ4n) is 8.45. The number of likely N-dealkylation sites (N-methyl/N-ethyl adjacent to an activating group) is 1. The zero-order chi connectivity index (χ0) is 35.9. The van der Waals surface area contributed by atoms with E-state index in [1.807, 2.05) is 0 Å². The fraction of sp³-hybridized carbons (Fsp3) is 0.489. The number of fused-ring (bicyclic) bond motifs is 2. The number of allylic oxidation sites excluding steroid dienone is 8. The molecule has 0 saturated heterocycles. The van der Waals surface area contributed by atoms with Crippen LogP contribution in [0.3, 0.4) is 0 Å². The number of nitrogens with zero attached hydrogens (tertiary/aromatic N) is 2. The van der Waals surface area contributed by atoms with E-state index in [2.05, 4.69) is 136 Å². The summed E-state index contributed by atoms with van der Waals surface area (Å²) < 4.78 is 2.37. The second-order valence-electron chi connectivity index (χ2n) is 15.9. The van der Waals surface area contributed by atoms with Crippen LogP contribution in [0.25, 0.3) is 0 Å². The zero-order valence-corrected chi connectivity index (χ0v) is 32.0. The van der Waals surface area contributed by atoms with Gasteiger partial charge in [0, 0.05) is 65.5 Å². The van der Waals surface area contributed by atoms with Gasteiger partial charge in [0.1, 0.15) is 7.05 Å². The fourth-order valence-corrected chi connectivity index (χ4v) is 8.45. The summed E-state index contributed by atoms with van der Waals surface area (Å²) in [5.74, 6) is 0. The van der Waals surface area contributed by atoms with E-state index in [9.17, 15) is 0 Å². The number of benzene rings is 2. The third-order valence-electron chi connectivity index (χ3n) is 11.4. The Morgan fingerprint density at radius 1 is 0.880 bits per heavy atom. The lowest BCUT2D eigenvalue weighted by molar-refractivity contribution is -0.401. The molecule has 4 aliphatic rings. The number of unbranched alkanes of at least 4 members (excludes halogenated alkanes) is 2. The Morgan fingerprint density at radius 3 is 2.24 bits per heavy atom. The van der Waals surface area contributed by atoms with Crippen molar-refractivity contribution in [3.63, 3.8) is 0 Å². The highest BCUT2D eigenvalue weighted by molar-refractivity contribution is 6.03. The summed E-state index contributed by atoms with van der Waals surface area (Å²) in [7, 11) is 4.40. The van der Waals surface area contributed by atoms with Crippen molar-refractivity contribution in [1.29, 1.82) is 0 Å². The van der Waals surface area contributed by atoms with E-state index in [4.69, 9.17) is 11.5 Å². The maximum Gasteiger partial charge on any atom is 0.209 e. The highest BCUT2D eigenvalue weighted by atomic mass is 15.2. The summed E-state index contributed by atoms with van der Waals surface area (Å²) >= 11 is 0. The molecular weight excluding hydrogens is 611 g/mol. The van der Waals surface area contributed by atoms with Crippen LogP contribution in [0, 0.1) is 0 Å². The molecule has 0 radical (unpaired) electrons. The monoisotopic (exact) mass is 675 g/mol. The minimum Gasteiger partial charge on any atom is -0.403 e. The minimum atomic E-state index is -0.0333. The van der Waals surface area contributed by atoms with E-state index in [0.29, 0.717) is 6.04 Å². The Labute approximate surface area is 303 Å². The summed E-state index contributed by atoms with van der Waals surface area (Å²) in [6.45, 7) is 14.2. The molecule has 2 aromatic rings. The molecule has 0 spiro atoms. The van der Waals surface area contributed by atoms with Gasteiger partial charge in [-0.2, -0.15) is 4.58 Å². The molecular formula is C45H64N5+. The van der Waals surface area contributed by atoms with Crippen LogP contribution in [-0.2, 0) is 10.8 Å². The van der Waals surface area contributed by atoms with Crippen LogP contribution >= 0.6 is 0 Å². The topological polar surface area (TPSA) is 70.3 Å². The van der Waals surface area contributed by atoms with Crippen molar-refractivity contribution in [2.75, 3.05) is 25.5 Å². The van der Waals surface area contributed by atoms with Crippen LogP contribution < -0.4 is 21.7 Å². The molecule has 2 aliphatic heterocycles. The Bertz CT molecular complexity index is 1670. The third-order valence-corrected chi connectivity index (χ3v) is 11.4. The molecule has 5 heteroatoms. The normalized spacial score (nSPS) is 21.5. The van der Waals surface area contributed by atoms with Crippen molar-refractivity contribution in [3.8, 4) is 0 Å². The van der Waals surface area contributed by atoms with Gasteiger partial charge in [0.15, 0.2) is 5.71 Å². The summed E-state index contributed by atoms with van der Waals surface area (Å²) in [5.41, 5.74) is 24.4. The molecule has 268 valence electrons. The number of anilines is 1. The van der Waals surface area contributed by atoms with E-state index in [-0.39, 0.29) is 10.8 Å².